The van der Waals surface area contributed by atoms with E-state index in [0.717, 1.165) is 17.0 Å². The number of benzene rings is 1. The highest BCUT2D eigenvalue weighted by Gasteiger charge is 2.36. The molecule has 122 valence electrons. The number of nitrogens with zero attached hydrogens (tertiary/aromatic N) is 2. The molecule has 0 atom stereocenters. The van der Waals surface area contributed by atoms with Crippen molar-refractivity contribution in [1.29, 1.82) is 0 Å². The Morgan fingerprint density at radius 2 is 1.92 bits per heavy atom. The third-order valence-corrected chi connectivity index (χ3v) is 3.50. The maximum absolute atomic E-state index is 13.1. The molecule has 24 heavy (non-hydrogen) atoms. The minimum atomic E-state index is -1.08. The molecular formula is C16H11F2N3O3. The zero-order valence-corrected chi connectivity index (χ0v) is 12.3. The van der Waals surface area contributed by atoms with Crippen LogP contribution < -0.4 is 5.32 Å². The number of aromatic nitrogens is 1. The van der Waals surface area contributed by atoms with Crippen molar-refractivity contribution in [3.63, 3.8) is 0 Å². The van der Waals surface area contributed by atoms with Gasteiger partial charge in [0.2, 0.25) is 5.91 Å². The molecule has 3 amide bonds. The van der Waals surface area contributed by atoms with Crippen LogP contribution in [-0.2, 0) is 4.79 Å². The van der Waals surface area contributed by atoms with Crippen molar-refractivity contribution in [3.05, 3.63) is 59.4 Å². The lowest BCUT2D eigenvalue weighted by molar-refractivity contribution is -0.116. The third kappa shape index (κ3) is 2.85. The van der Waals surface area contributed by atoms with Gasteiger partial charge in [-0.1, -0.05) is 0 Å². The molecule has 0 bridgehead atoms. The topological polar surface area (TPSA) is 79.4 Å². The molecule has 6 nitrogen and oxygen atoms in total. The van der Waals surface area contributed by atoms with Crippen molar-refractivity contribution in [3.8, 4) is 0 Å². The van der Waals surface area contributed by atoms with Gasteiger partial charge < -0.3 is 5.32 Å². The lowest BCUT2D eigenvalue weighted by Gasteiger charge is -2.13. The molecule has 0 unspecified atom stereocenters. The number of carbonyl (C=O) groups is 3. The van der Waals surface area contributed by atoms with Gasteiger partial charge in [0.25, 0.3) is 11.8 Å². The molecule has 0 radical (unpaired) electrons. The first kappa shape index (κ1) is 15.7. The van der Waals surface area contributed by atoms with Crippen molar-refractivity contribution in [2.45, 2.75) is 6.42 Å². The van der Waals surface area contributed by atoms with Gasteiger partial charge in [-0.05, 0) is 24.3 Å². The molecule has 1 aliphatic rings. The second-order valence-corrected chi connectivity index (χ2v) is 5.09. The quantitative estimate of drug-likeness (QED) is 0.869. The number of nitrogens with one attached hydrogen (secondary N) is 1. The monoisotopic (exact) mass is 331 g/mol. The lowest BCUT2D eigenvalue weighted by Crippen LogP contribution is -2.33. The Balaban J connectivity index is 1.62. The normalized spacial score (nSPS) is 13.2. The van der Waals surface area contributed by atoms with Gasteiger partial charge in [-0.3, -0.25) is 24.3 Å². The number of hydrogen-bond donors (Lipinski definition) is 1. The van der Waals surface area contributed by atoms with Crippen molar-refractivity contribution < 1.29 is 23.2 Å². The number of carbonyl (C=O) groups excluding carboxylic acids is 3. The summed E-state index contributed by atoms with van der Waals surface area (Å²) in [5.74, 6) is -3.71. The molecule has 2 heterocycles. The molecule has 1 aromatic carbocycles. The van der Waals surface area contributed by atoms with Crippen molar-refractivity contribution in [1.82, 2.24) is 9.88 Å². The molecule has 1 aliphatic heterocycles. The summed E-state index contributed by atoms with van der Waals surface area (Å²) in [5.41, 5.74) is 0.343. The fourth-order valence-electron chi connectivity index (χ4n) is 2.33. The van der Waals surface area contributed by atoms with Crippen LogP contribution in [0.15, 0.2) is 36.5 Å². The molecule has 8 heteroatoms. The van der Waals surface area contributed by atoms with E-state index in [4.69, 9.17) is 0 Å². The molecule has 1 aromatic heterocycles. The van der Waals surface area contributed by atoms with E-state index in [9.17, 15) is 23.2 Å². The predicted molar refractivity (Wildman–Crippen MR) is 79.2 cm³/mol. The minimum Gasteiger partial charge on any atom is -0.326 e. The molecule has 0 fully saturated rings. The minimum absolute atomic E-state index is 0.0588. The highest BCUT2D eigenvalue weighted by molar-refractivity contribution is 6.20. The van der Waals surface area contributed by atoms with E-state index in [0.29, 0.717) is 0 Å². The first-order chi connectivity index (χ1) is 11.5. The number of anilines is 1. The summed E-state index contributed by atoms with van der Waals surface area (Å²) in [5, 5.41) is 2.37. The van der Waals surface area contributed by atoms with Crippen LogP contribution in [0.5, 0.6) is 0 Å². The number of imide groups is 1. The van der Waals surface area contributed by atoms with Gasteiger partial charge in [-0.2, -0.15) is 0 Å². The van der Waals surface area contributed by atoms with Crippen LogP contribution in [0.1, 0.15) is 27.3 Å². The smallest absolute Gasteiger partial charge is 0.280 e. The first-order valence-electron chi connectivity index (χ1n) is 7.03. The molecule has 0 spiro atoms. The Kier molecular flexibility index (Phi) is 4.03. The first-order valence-corrected chi connectivity index (χ1v) is 7.03. The number of pyridine rings is 1. The van der Waals surface area contributed by atoms with Gasteiger partial charge in [0.1, 0.15) is 5.69 Å². The fourth-order valence-corrected chi connectivity index (χ4v) is 2.33. The van der Waals surface area contributed by atoms with E-state index in [1.54, 1.807) is 6.07 Å². The third-order valence-electron chi connectivity index (χ3n) is 3.50. The SMILES string of the molecule is O=C(CCN1C(=O)c2cccnc2C1=O)Nc1ccc(F)c(F)c1. The van der Waals surface area contributed by atoms with Crippen LogP contribution in [0.3, 0.4) is 0 Å². The van der Waals surface area contributed by atoms with Crippen LogP contribution in [0.2, 0.25) is 0 Å². The van der Waals surface area contributed by atoms with Gasteiger partial charge in [0.15, 0.2) is 11.6 Å². The van der Waals surface area contributed by atoms with E-state index in [2.05, 4.69) is 10.3 Å². The van der Waals surface area contributed by atoms with Gasteiger partial charge in [0, 0.05) is 30.9 Å². The fraction of sp³-hybridized carbons (Fsp3) is 0.125. The summed E-state index contributed by atoms with van der Waals surface area (Å²) in [6.45, 7) is -0.135. The second kappa shape index (κ2) is 6.15. The van der Waals surface area contributed by atoms with Crippen molar-refractivity contribution in [2.75, 3.05) is 11.9 Å². The molecule has 1 N–H and O–H groups in total. The van der Waals surface area contributed by atoms with Gasteiger partial charge in [-0.25, -0.2) is 8.78 Å². The number of fused-ring (bicyclic) bond motifs is 1. The van der Waals surface area contributed by atoms with Gasteiger partial charge >= 0.3 is 0 Å². The van der Waals surface area contributed by atoms with E-state index < -0.39 is 29.4 Å². The average molecular weight is 331 g/mol. The maximum Gasteiger partial charge on any atom is 0.280 e. The molecule has 0 aliphatic carbocycles. The van der Waals surface area contributed by atoms with Crippen LogP contribution in [0.25, 0.3) is 0 Å². The standard InChI is InChI=1S/C16H11F2N3O3/c17-11-4-3-9(8-12(11)18)20-13(22)5-7-21-15(23)10-2-1-6-19-14(10)16(21)24/h1-4,6,8H,5,7H2,(H,20,22). The zero-order valence-electron chi connectivity index (χ0n) is 12.3. The van der Waals surface area contributed by atoms with Crippen molar-refractivity contribution in [2.24, 2.45) is 0 Å². The van der Waals surface area contributed by atoms with Crippen LogP contribution in [0, 0.1) is 11.6 Å². The number of rotatable bonds is 4. The molecular weight excluding hydrogens is 320 g/mol. The Hall–Kier alpha value is -3.16. The van der Waals surface area contributed by atoms with Crippen LogP contribution >= 0.6 is 0 Å². The number of hydrogen-bond acceptors (Lipinski definition) is 4. The highest BCUT2D eigenvalue weighted by Crippen LogP contribution is 2.20. The summed E-state index contributed by atoms with van der Waals surface area (Å²) in [4.78, 5) is 40.8. The molecule has 0 saturated carbocycles. The summed E-state index contributed by atoms with van der Waals surface area (Å²) in [6, 6.07) is 5.98. The Bertz CT molecular complexity index is 819. The van der Waals surface area contributed by atoms with E-state index in [1.165, 1.54) is 18.3 Å². The predicted octanol–water partition coefficient (Wildman–Crippen LogP) is 1.98. The Morgan fingerprint density at radius 1 is 1.12 bits per heavy atom. The van der Waals surface area contributed by atoms with Crippen LogP contribution in [0.4, 0.5) is 14.5 Å². The summed E-state index contributed by atoms with van der Waals surface area (Å²) in [7, 11) is 0. The maximum atomic E-state index is 13.1. The Morgan fingerprint density at radius 3 is 2.62 bits per heavy atom. The molecule has 2 aromatic rings. The largest absolute Gasteiger partial charge is 0.326 e. The van der Waals surface area contributed by atoms with E-state index >= 15 is 0 Å². The summed E-state index contributed by atoms with van der Waals surface area (Å²) < 4.78 is 25.9. The van der Waals surface area contributed by atoms with Gasteiger partial charge in [0.05, 0.1) is 5.56 Å². The zero-order chi connectivity index (χ0) is 17.3. The highest BCUT2D eigenvalue weighted by atomic mass is 19.2. The van der Waals surface area contributed by atoms with E-state index in [-0.39, 0.29) is 29.9 Å². The second-order valence-electron chi connectivity index (χ2n) is 5.09. The Labute approximate surface area is 135 Å². The van der Waals surface area contributed by atoms with Gasteiger partial charge in [-0.15, -0.1) is 0 Å². The number of amides is 3. The summed E-state index contributed by atoms with van der Waals surface area (Å²) in [6.07, 6.45) is 1.23. The van der Waals surface area contributed by atoms with Crippen molar-refractivity contribution >= 4 is 23.4 Å². The lowest BCUT2D eigenvalue weighted by atomic mass is 10.2. The number of halogens is 2. The molecule has 0 saturated heterocycles. The average Bonchev–Trinajstić information content (AvgIpc) is 2.81. The van der Waals surface area contributed by atoms with E-state index in [1.807, 2.05) is 0 Å². The van der Waals surface area contributed by atoms with Crippen LogP contribution in [-0.4, -0.2) is 34.2 Å². The molecule has 3 rings (SSSR count). The summed E-state index contributed by atoms with van der Waals surface area (Å²) >= 11 is 0.